The van der Waals surface area contributed by atoms with E-state index < -0.39 is 0 Å². The predicted molar refractivity (Wildman–Crippen MR) is 78.2 cm³/mol. The Morgan fingerprint density at radius 2 is 2.26 bits per heavy atom. The Bertz CT molecular complexity index is 446. The molecular weight excluding hydrogens is 260 g/mol. The standard InChI is InChI=1S/C15H21ClN2O/c1-3-14(11-5-4-6-13(16)7-11)18-15(19)10(2)12-8-17-9-12/h4-7,10,12,14,17H,3,8-9H2,1-2H3,(H,18,19). The lowest BCUT2D eigenvalue weighted by Gasteiger charge is -2.32. The minimum Gasteiger partial charge on any atom is -0.349 e. The molecule has 1 saturated heterocycles. The fraction of sp³-hybridized carbons (Fsp3) is 0.533. The second kappa shape index (κ2) is 6.40. The zero-order valence-corrected chi connectivity index (χ0v) is 12.2. The van der Waals surface area contributed by atoms with E-state index in [1.807, 2.05) is 31.2 Å². The number of carbonyl (C=O) groups excluding carboxylic acids is 1. The van der Waals surface area contributed by atoms with Crippen molar-refractivity contribution in [3.8, 4) is 0 Å². The van der Waals surface area contributed by atoms with E-state index >= 15 is 0 Å². The van der Waals surface area contributed by atoms with Crippen LogP contribution in [0.15, 0.2) is 24.3 Å². The number of rotatable bonds is 5. The van der Waals surface area contributed by atoms with Crippen molar-refractivity contribution in [2.75, 3.05) is 13.1 Å². The van der Waals surface area contributed by atoms with Gasteiger partial charge in [-0.3, -0.25) is 4.79 Å². The molecule has 19 heavy (non-hydrogen) atoms. The molecule has 2 N–H and O–H groups in total. The van der Waals surface area contributed by atoms with E-state index in [-0.39, 0.29) is 17.9 Å². The lowest BCUT2D eigenvalue weighted by Crippen LogP contribution is -2.50. The van der Waals surface area contributed by atoms with Crippen molar-refractivity contribution in [1.29, 1.82) is 0 Å². The molecule has 0 aromatic heterocycles. The largest absolute Gasteiger partial charge is 0.349 e. The summed E-state index contributed by atoms with van der Waals surface area (Å²) in [6, 6.07) is 7.75. The van der Waals surface area contributed by atoms with Crippen LogP contribution in [0.2, 0.25) is 5.02 Å². The Balaban J connectivity index is 2.00. The van der Waals surface area contributed by atoms with Gasteiger partial charge >= 0.3 is 0 Å². The predicted octanol–water partition coefficient (Wildman–Crippen LogP) is 2.76. The molecule has 104 valence electrons. The van der Waals surface area contributed by atoms with E-state index in [9.17, 15) is 4.79 Å². The molecule has 2 rings (SSSR count). The molecular formula is C15H21ClN2O. The van der Waals surface area contributed by atoms with E-state index in [0.717, 1.165) is 25.1 Å². The average molecular weight is 281 g/mol. The van der Waals surface area contributed by atoms with Gasteiger partial charge in [0.1, 0.15) is 0 Å². The number of halogens is 1. The maximum atomic E-state index is 12.2. The van der Waals surface area contributed by atoms with Gasteiger partial charge in [-0.2, -0.15) is 0 Å². The smallest absolute Gasteiger partial charge is 0.223 e. The Morgan fingerprint density at radius 1 is 1.53 bits per heavy atom. The maximum absolute atomic E-state index is 12.2. The third-order valence-corrected chi connectivity index (χ3v) is 4.14. The van der Waals surface area contributed by atoms with Crippen LogP contribution >= 0.6 is 11.6 Å². The Labute approximate surface area is 119 Å². The van der Waals surface area contributed by atoms with Crippen molar-refractivity contribution in [2.24, 2.45) is 11.8 Å². The summed E-state index contributed by atoms with van der Waals surface area (Å²) in [4.78, 5) is 12.2. The van der Waals surface area contributed by atoms with Crippen molar-refractivity contribution < 1.29 is 4.79 Å². The molecule has 0 bridgehead atoms. The maximum Gasteiger partial charge on any atom is 0.223 e. The number of hydrogen-bond acceptors (Lipinski definition) is 2. The van der Waals surface area contributed by atoms with Gasteiger partial charge in [-0.05, 0) is 43.1 Å². The molecule has 1 amide bonds. The van der Waals surface area contributed by atoms with Gasteiger partial charge in [0.2, 0.25) is 5.91 Å². The van der Waals surface area contributed by atoms with Crippen molar-refractivity contribution in [3.63, 3.8) is 0 Å². The summed E-state index contributed by atoms with van der Waals surface area (Å²) in [6.45, 7) is 5.97. The SMILES string of the molecule is CCC(NC(=O)C(C)C1CNC1)c1cccc(Cl)c1. The molecule has 1 aromatic carbocycles. The molecule has 0 aliphatic carbocycles. The molecule has 1 aliphatic heterocycles. The molecule has 4 heteroatoms. The first-order valence-electron chi connectivity index (χ1n) is 6.88. The fourth-order valence-electron chi connectivity index (χ4n) is 2.33. The van der Waals surface area contributed by atoms with Gasteiger partial charge in [0, 0.05) is 10.9 Å². The van der Waals surface area contributed by atoms with Crippen molar-refractivity contribution in [1.82, 2.24) is 10.6 Å². The topological polar surface area (TPSA) is 41.1 Å². The summed E-state index contributed by atoms with van der Waals surface area (Å²) < 4.78 is 0. The van der Waals surface area contributed by atoms with Gasteiger partial charge in [-0.25, -0.2) is 0 Å². The summed E-state index contributed by atoms with van der Waals surface area (Å²) in [7, 11) is 0. The summed E-state index contributed by atoms with van der Waals surface area (Å²) in [6.07, 6.45) is 0.863. The van der Waals surface area contributed by atoms with Crippen LogP contribution in [-0.2, 0) is 4.79 Å². The second-order valence-corrected chi connectivity index (χ2v) is 5.67. The first-order chi connectivity index (χ1) is 9.11. The lowest BCUT2D eigenvalue weighted by molar-refractivity contribution is -0.127. The first kappa shape index (κ1) is 14.4. The number of hydrogen-bond donors (Lipinski definition) is 2. The Hall–Kier alpha value is -1.06. The molecule has 1 fully saturated rings. The van der Waals surface area contributed by atoms with E-state index in [4.69, 9.17) is 11.6 Å². The van der Waals surface area contributed by atoms with Crippen LogP contribution in [0.1, 0.15) is 31.9 Å². The van der Waals surface area contributed by atoms with Crippen LogP contribution in [-0.4, -0.2) is 19.0 Å². The summed E-state index contributed by atoms with van der Waals surface area (Å²) in [5.74, 6) is 0.671. The van der Waals surface area contributed by atoms with Crippen molar-refractivity contribution >= 4 is 17.5 Å². The molecule has 1 aromatic rings. The highest BCUT2D eigenvalue weighted by Gasteiger charge is 2.29. The average Bonchev–Trinajstić information content (AvgIpc) is 2.33. The molecule has 3 nitrogen and oxygen atoms in total. The number of amides is 1. The molecule has 2 atom stereocenters. The zero-order chi connectivity index (χ0) is 13.8. The van der Waals surface area contributed by atoms with Crippen LogP contribution in [0.4, 0.5) is 0 Å². The lowest BCUT2D eigenvalue weighted by atomic mass is 9.88. The molecule has 1 aliphatic rings. The zero-order valence-electron chi connectivity index (χ0n) is 11.4. The molecule has 1 heterocycles. The first-order valence-corrected chi connectivity index (χ1v) is 7.26. The second-order valence-electron chi connectivity index (χ2n) is 5.23. The highest BCUT2D eigenvalue weighted by molar-refractivity contribution is 6.30. The van der Waals surface area contributed by atoms with Gasteiger partial charge in [-0.15, -0.1) is 0 Å². The summed E-state index contributed by atoms with van der Waals surface area (Å²) in [5, 5.41) is 7.05. The minimum atomic E-state index is 0.0432. The van der Waals surface area contributed by atoms with Gasteiger partial charge in [0.25, 0.3) is 0 Å². The molecule has 0 spiro atoms. The quantitative estimate of drug-likeness (QED) is 0.871. The Morgan fingerprint density at radius 3 is 2.79 bits per heavy atom. The van der Waals surface area contributed by atoms with Crippen LogP contribution in [0.5, 0.6) is 0 Å². The third kappa shape index (κ3) is 3.48. The van der Waals surface area contributed by atoms with Crippen molar-refractivity contribution in [3.05, 3.63) is 34.9 Å². The van der Waals surface area contributed by atoms with Crippen LogP contribution in [0.3, 0.4) is 0 Å². The monoisotopic (exact) mass is 280 g/mol. The fourth-order valence-corrected chi connectivity index (χ4v) is 2.52. The van der Waals surface area contributed by atoms with Crippen LogP contribution in [0, 0.1) is 11.8 Å². The van der Waals surface area contributed by atoms with E-state index in [0.29, 0.717) is 10.9 Å². The normalized spacial score (nSPS) is 18.5. The highest BCUT2D eigenvalue weighted by Crippen LogP contribution is 2.22. The van der Waals surface area contributed by atoms with Gasteiger partial charge in [0.05, 0.1) is 6.04 Å². The molecule has 0 saturated carbocycles. The van der Waals surface area contributed by atoms with Crippen molar-refractivity contribution in [2.45, 2.75) is 26.3 Å². The summed E-state index contributed by atoms with van der Waals surface area (Å²) >= 11 is 6.01. The highest BCUT2D eigenvalue weighted by atomic mass is 35.5. The number of benzene rings is 1. The van der Waals surface area contributed by atoms with E-state index in [2.05, 4.69) is 17.6 Å². The number of carbonyl (C=O) groups is 1. The van der Waals surface area contributed by atoms with Gasteiger partial charge < -0.3 is 10.6 Å². The third-order valence-electron chi connectivity index (χ3n) is 3.91. The minimum absolute atomic E-state index is 0.0432. The van der Waals surface area contributed by atoms with Crippen LogP contribution < -0.4 is 10.6 Å². The van der Waals surface area contributed by atoms with Crippen LogP contribution in [0.25, 0.3) is 0 Å². The van der Waals surface area contributed by atoms with Gasteiger partial charge in [0.15, 0.2) is 0 Å². The number of nitrogens with one attached hydrogen (secondary N) is 2. The van der Waals surface area contributed by atoms with Gasteiger partial charge in [-0.1, -0.05) is 37.6 Å². The van der Waals surface area contributed by atoms with E-state index in [1.165, 1.54) is 0 Å². The summed E-state index contributed by atoms with van der Waals surface area (Å²) in [5.41, 5.74) is 1.07. The van der Waals surface area contributed by atoms with E-state index in [1.54, 1.807) is 0 Å². The molecule has 2 unspecified atom stereocenters. The Kier molecular flexibility index (Phi) is 4.83. The molecule has 0 radical (unpaired) electrons.